The van der Waals surface area contributed by atoms with Crippen molar-refractivity contribution in [3.63, 3.8) is 0 Å². The van der Waals surface area contributed by atoms with E-state index in [1.165, 1.54) is 0 Å². The molecule has 0 atom stereocenters. The zero-order valence-corrected chi connectivity index (χ0v) is 13.6. The minimum Gasteiger partial charge on any atom is -0.321 e. The Hall–Kier alpha value is -1.95. The van der Waals surface area contributed by atoms with Gasteiger partial charge in [-0.2, -0.15) is 11.3 Å². The van der Waals surface area contributed by atoms with Crippen molar-refractivity contribution in [1.82, 2.24) is 4.98 Å². The van der Waals surface area contributed by atoms with Crippen LogP contribution < -0.4 is 5.32 Å². The normalized spacial score (nSPS) is 15.1. The lowest BCUT2D eigenvalue weighted by Crippen LogP contribution is -2.03. The Morgan fingerprint density at radius 1 is 1.23 bits per heavy atom. The summed E-state index contributed by atoms with van der Waals surface area (Å²) in [6.45, 7) is 0. The summed E-state index contributed by atoms with van der Waals surface area (Å²) in [5.74, 6) is -0.123. The number of fused-ring (bicyclic) bond motifs is 1. The average Bonchev–Trinajstić information content (AvgIpc) is 3.20. The zero-order valence-electron chi connectivity index (χ0n) is 11.2. The van der Waals surface area contributed by atoms with Crippen LogP contribution in [-0.2, 0) is 4.79 Å². The minimum atomic E-state index is -0.123. The van der Waals surface area contributed by atoms with Crippen LogP contribution in [0.4, 0.5) is 5.69 Å². The van der Waals surface area contributed by atoms with Crippen LogP contribution in [0.2, 0.25) is 5.02 Å². The largest absolute Gasteiger partial charge is 0.321 e. The Morgan fingerprint density at radius 2 is 2.14 bits per heavy atom. The highest BCUT2D eigenvalue weighted by Gasteiger charge is 2.24. The van der Waals surface area contributed by atoms with Crippen molar-refractivity contribution in [2.24, 2.45) is 0 Å². The van der Waals surface area contributed by atoms with Gasteiger partial charge >= 0.3 is 0 Å². The van der Waals surface area contributed by atoms with Crippen LogP contribution in [0.15, 0.2) is 40.4 Å². The molecule has 1 aliphatic heterocycles. The van der Waals surface area contributed by atoms with Crippen molar-refractivity contribution in [2.75, 3.05) is 5.32 Å². The van der Waals surface area contributed by atoms with Gasteiger partial charge in [0.2, 0.25) is 0 Å². The lowest BCUT2D eigenvalue weighted by molar-refractivity contribution is -0.110. The van der Waals surface area contributed by atoms with E-state index in [-0.39, 0.29) is 5.91 Å². The maximum atomic E-state index is 12.1. The van der Waals surface area contributed by atoms with E-state index in [4.69, 9.17) is 11.6 Å². The summed E-state index contributed by atoms with van der Waals surface area (Å²) in [6, 6.07) is 7.44. The lowest BCUT2D eigenvalue weighted by Gasteiger charge is -1.97. The number of hydrogen-bond acceptors (Lipinski definition) is 4. The Bertz CT molecular complexity index is 897. The summed E-state index contributed by atoms with van der Waals surface area (Å²) in [7, 11) is 0. The van der Waals surface area contributed by atoms with Gasteiger partial charge in [0.25, 0.3) is 5.91 Å². The number of anilines is 1. The van der Waals surface area contributed by atoms with Crippen LogP contribution in [0.5, 0.6) is 0 Å². The van der Waals surface area contributed by atoms with Crippen molar-refractivity contribution in [3.05, 3.63) is 56.7 Å². The molecule has 3 aromatic rings. The number of nitrogens with zero attached hydrogens (tertiary/aromatic N) is 1. The number of rotatable bonds is 2. The van der Waals surface area contributed by atoms with Crippen LogP contribution in [0, 0.1) is 0 Å². The molecule has 0 spiro atoms. The number of thiophene rings is 1. The molecule has 0 saturated carbocycles. The van der Waals surface area contributed by atoms with Gasteiger partial charge in [-0.1, -0.05) is 17.7 Å². The molecule has 4 rings (SSSR count). The Morgan fingerprint density at radius 3 is 2.95 bits per heavy atom. The van der Waals surface area contributed by atoms with Crippen LogP contribution in [0.25, 0.3) is 22.2 Å². The number of benzene rings is 1. The maximum absolute atomic E-state index is 12.1. The van der Waals surface area contributed by atoms with Gasteiger partial charge in [0.05, 0.1) is 17.0 Å². The number of nitrogens with one attached hydrogen (secondary N) is 1. The highest BCUT2D eigenvalue weighted by Crippen LogP contribution is 2.35. The van der Waals surface area contributed by atoms with Gasteiger partial charge in [-0.15, -0.1) is 11.3 Å². The third kappa shape index (κ3) is 2.37. The molecule has 6 heteroatoms. The molecule has 108 valence electrons. The summed E-state index contributed by atoms with van der Waals surface area (Å²) >= 11 is 9.18. The van der Waals surface area contributed by atoms with Crippen LogP contribution in [0.3, 0.4) is 0 Å². The molecule has 3 nitrogen and oxygen atoms in total. The lowest BCUT2D eigenvalue weighted by atomic mass is 10.1. The highest BCUT2D eigenvalue weighted by atomic mass is 35.5. The average molecular weight is 345 g/mol. The monoisotopic (exact) mass is 344 g/mol. The van der Waals surface area contributed by atoms with Gasteiger partial charge in [0.1, 0.15) is 5.01 Å². The van der Waals surface area contributed by atoms with Gasteiger partial charge in [-0.05, 0) is 29.7 Å². The minimum absolute atomic E-state index is 0.123. The number of carbonyl (C=O) groups excluding carboxylic acids is 1. The first kappa shape index (κ1) is 13.7. The molecule has 0 aliphatic carbocycles. The van der Waals surface area contributed by atoms with E-state index in [1.807, 2.05) is 29.0 Å². The van der Waals surface area contributed by atoms with E-state index < -0.39 is 0 Å². The number of aromatic nitrogens is 1. The summed E-state index contributed by atoms with van der Waals surface area (Å²) < 4.78 is 0. The molecule has 1 aliphatic rings. The predicted molar refractivity (Wildman–Crippen MR) is 93.4 cm³/mol. The molecule has 1 amide bonds. The van der Waals surface area contributed by atoms with Crippen molar-refractivity contribution < 1.29 is 4.79 Å². The number of hydrogen-bond donors (Lipinski definition) is 1. The molecule has 0 fully saturated rings. The van der Waals surface area contributed by atoms with Crippen LogP contribution >= 0.6 is 34.3 Å². The molecule has 3 heterocycles. The van der Waals surface area contributed by atoms with Crippen LogP contribution in [0.1, 0.15) is 11.3 Å². The van der Waals surface area contributed by atoms with Crippen LogP contribution in [-0.4, -0.2) is 10.9 Å². The quantitative estimate of drug-likeness (QED) is 0.663. The van der Waals surface area contributed by atoms with E-state index >= 15 is 0 Å². The van der Waals surface area contributed by atoms with E-state index in [0.29, 0.717) is 10.6 Å². The fourth-order valence-corrected chi connectivity index (χ4v) is 3.99. The fraction of sp³-hybridized carbons (Fsp3) is 0. The topological polar surface area (TPSA) is 42.0 Å². The van der Waals surface area contributed by atoms with Gasteiger partial charge in [0.15, 0.2) is 0 Å². The maximum Gasteiger partial charge on any atom is 0.256 e. The van der Waals surface area contributed by atoms with Crippen molar-refractivity contribution in [1.29, 1.82) is 0 Å². The Balaban J connectivity index is 1.73. The molecule has 22 heavy (non-hydrogen) atoms. The standard InChI is InChI=1S/C16H9ClN2OS2/c17-10-1-2-12-13(15(20)19-14(12)5-10)6-11-8-22-16(18-11)9-3-4-21-7-9/h1-8H,(H,19,20). The van der Waals surface area contributed by atoms with Crippen molar-refractivity contribution in [3.8, 4) is 10.6 Å². The van der Waals surface area contributed by atoms with Gasteiger partial charge in [-0.3, -0.25) is 4.79 Å². The molecular weight excluding hydrogens is 336 g/mol. The SMILES string of the molecule is O=C1Nc2cc(Cl)ccc2C1=Cc1csc(-c2ccsc2)n1. The second kappa shape index (κ2) is 5.35. The zero-order chi connectivity index (χ0) is 15.1. The van der Waals surface area contributed by atoms with E-state index in [0.717, 1.165) is 27.5 Å². The number of halogens is 1. The highest BCUT2D eigenvalue weighted by molar-refractivity contribution is 7.14. The smallest absolute Gasteiger partial charge is 0.256 e. The molecular formula is C16H9ClN2OS2. The molecule has 0 saturated heterocycles. The molecule has 2 aromatic heterocycles. The van der Waals surface area contributed by atoms with E-state index in [1.54, 1.807) is 34.8 Å². The summed E-state index contributed by atoms with van der Waals surface area (Å²) in [4.78, 5) is 16.7. The predicted octanol–water partition coefficient (Wildman–Crippen LogP) is 5.02. The third-order valence-corrected chi connectivity index (χ3v) is 5.17. The first-order valence-electron chi connectivity index (χ1n) is 6.52. The Labute approximate surface area is 139 Å². The molecule has 1 aromatic carbocycles. The summed E-state index contributed by atoms with van der Waals surface area (Å²) in [5.41, 5.74) is 4.13. The molecule has 0 bridgehead atoms. The summed E-state index contributed by atoms with van der Waals surface area (Å²) in [5, 5.41) is 10.4. The number of carbonyl (C=O) groups is 1. The molecule has 1 N–H and O–H groups in total. The summed E-state index contributed by atoms with van der Waals surface area (Å²) in [6.07, 6.45) is 1.82. The molecule has 0 radical (unpaired) electrons. The fourth-order valence-electron chi connectivity index (χ4n) is 2.33. The number of amides is 1. The molecule has 0 unspecified atom stereocenters. The Kier molecular flexibility index (Phi) is 3.33. The van der Waals surface area contributed by atoms with Crippen molar-refractivity contribution in [2.45, 2.75) is 0 Å². The van der Waals surface area contributed by atoms with E-state index in [9.17, 15) is 4.79 Å². The second-order valence-electron chi connectivity index (χ2n) is 4.79. The van der Waals surface area contributed by atoms with E-state index in [2.05, 4.69) is 15.7 Å². The van der Waals surface area contributed by atoms with Gasteiger partial charge in [-0.25, -0.2) is 4.98 Å². The number of thiazole rings is 1. The first-order chi connectivity index (χ1) is 10.7. The van der Waals surface area contributed by atoms with Gasteiger partial charge < -0.3 is 5.32 Å². The second-order valence-corrected chi connectivity index (χ2v) is 6.87. The van der Waals surface area contributed by atoms with Gasteiger partial charge in [0, 0.05) is 26.9 Å². The van der Waals surface area contributed by atoms with Crippen molar-refractivity contribution >= 4 is 57.5 Å². The first-order valence-corrected chi connectivity index (χ1v) is 8.72. The third-order valence-electron chi connectivity index (χ3n) is 3.35.